The fourth-order valence-corrected chi connectivity index (χ4v) is 4.92. The number of aliphatic hydroxyl groups is 3. The van der Waals surface area contributed by atoms with E-state index in [2.05, 4.69) is 0 Å². The molecular formula is C29H57N5O13. The highest BCUT2D eigenvalue weighted by Gasteiger charge is 2.22. The Hall–Kier alpha value is -2.07. The monoisotopic (exact) mass is 683 g/mol. The van der Waals surface area contributed by atoms with Gasteiger partial charge in [-0.05, 0) is 0 Å². The molecule has 18 nitrogen and oxygen atoms in total. The van der Waals surface area contributed by atoms with Gasteiger partial charge in [0, 0.05) is 78.5 Å². The molecule has 1 aliphatic heterocycles. The molecule has 1 fully saturated rings. The van der Waals surface area contributed by atoms with Crippen molar-refractivity contribution in [3.05, 3.63) is 0 Å². The van der Waals surface area contributed by atoms with E-state index in [4.69, 9.17) is 29.2 Å². The predicted molar refractivity (Wildman–Crippen MR) is 169 cm³/mol. The number of nitrogens with zero attached hydrogens (tertiary/aromatic N) is 5. The maximum atomic E-state index is 11.6. The number of carboxylic acids is 3. The lowest BCUT2D eigenvalue weighted by Crippen LogP contribution is -2.50. The number of aliphatic hydroxyl groups excluding tert-OH is 3. The first-order valence-electron chi connectivity index (χ1n) is 16.1. The first kappa shape index (κ1) is 43.0. The van der Waals surface area contributed by atoms with Crippen molar-refractivity contribution in [2.24, 2.45) is 0 Å². The second kappa shape index (κ2) is 27.8. The summed E-state index contributed by atoms with van der Waals surface area (Å²) in [6.45, 7) is 6.25. The van der Waals surface area contributed by atoms with Crippen LogP contribution in [0.3, 0.4) is 0 Å². The summed E-state index contributed by atoms with van der Waals surface area (Å²) in [7, 11) is 0. The molecule has 0 saturated carbocycles. The summed E-state index contributed by atoms with van der Waals surface area (Å²) in [5.74, 6) is -3.01. The summed E-state index contributed by atoms with van der Waals surface area (Å²) < 4.78 is 21.7. The Labute approximate surface area is 276 Å². The van der Waals surface area contributed by atoms with Gasteiger partial charge in [0.1, 0.15) is 0 Å². The van der Waals surface area contributed by atoms with Crippen LogP contribution < -0.4 is 0 Å². The molecule has 18 heteroatoms. The van der Waals surface area contributed by atoms with Crippen LogP contribution in [0.2, 0.25) is 0 Å². The largest absolute Gasteiger partial charge is 0.480 e. The van der Waals surface area contributed by atoms with Crippen LogP contribution in [0.1, 0.15) is 0 Å². The maximum absolute atomic E-state index is 11.6. The van der Waals surface area contributed by atoms with E-state index in [-0.39, 0.29) is 52.6 Å². The second-order valence-corrected chi connectivity index (χ2v) is 11.2. The van der Waals surface area contributed by atoms with Gasteiger partial charge in [0.2, 0.25) is 0 Å². The number of carbonyl (C=O) groups is 3. The third-order valence-electron chi connectivity index (χ3n) is 7.26. The van der Waals surface area contributed by atoms with Crippen molar-refractivity contribution in [1.29, 1.82) is 0 Å². The lowest BCUT2D eigenvalue weighted by Gasteiger charge is -2.34. The molecule has 0 aromatic heterocycles. The summed E-state index contributed by atoms with van der Waals surface area (Å²) >= 11 is 0. The number of β-amino-alcohol motifs (C(OH)–C–C–N with tert-alkyl or cyclic N) is 1. The average Bonchev–Trinajstić information content (AvgIpc) is 3.00. The Morgan fingerprint density at radius 3 is 1.17 bits per heavy atom. The molecule has 47 heavy (non-hydrogen) atoms. The Morgan fingerprint density at radius 1 is 0.532 bits per heavy atom. The van der Waals surface area contributed by atoms with Crippen molar-refractivity contribution in [2.75, 3.05) is 164 Å². The zero-order valence-electron chi connectivity index (χ0n) is 27.5. The number of aliphatic carboxylic acids is 3. The summed E-state index contributed by atoms with van der Waals surface area (Å²) in [5.41, 5.74) is 0. The minimum absolute atomic E-state index is 0.0612. The Kier molecular flexibility index (Phi) is 25.4. The minimum Gasteiger partial charge on any atom is -0.480 e. The number of ether oxygens (including phenoxy) is 4. The molecule has 1 rings (SSSR count). The molecule has 276 valence electrons. The van der Waals surface area contributed by atoms with Crippen molar-refractivity contribution in [3.63, 3.8) is 0 Å². The van der Waals surface area contributed by atoms with E-state index >= 15 is 0 Å². The van der Waals surface area contributed by atoms with Crippen LogP contribution in [-0.4, -0.2) is 243 Å². The molecule has 1 heterocycles. The van der Waals surface area contributed by atoms with Crippen LogP contribution >= 0.6 is 0 Å². The number of rotatable bonds is 26. The van der Waals surface area contributed by atoms with E-state index in [1.54, 1.807) is 14.7 Å². The molecule has 1 atom stereocenters. The first-order chi connectivity index (χ1) is 22.6. The van der Waals surface area contributed by atoms with Crippen molar-refractivity contribution < 1.29 is 64.0 Å². The molecule has 0 aromatic rings. The highest BCUT2D eigenvalue weighted by Crippen LogP contribution is 2.04. The molecule has 0 radical (unpaired) electrons. The van der Waals surface area contributed by atoms with Gasteiger partial charge >= 0.3 is 17.9 Å². The number of carboxylic acid groups (broad SMARTS) is 3. The van der Waals surface area contributed by atoms with Crippen LogP contribution in [0.4, 0.5) is 0 Å². The van der Waals surface area contributed by atoms with Crippen LogP contribution in [0.15, 0.2) is 0 Å². The van der Waals surface area contributed by atoms with Gasteiger partial charge in [-0.1, -0.05) is 0 Å². The molecular weight excluding hydrogens is 626 g/mol. The van der Waals surface area contributed by atoms with Gasteiger partial charge in [0.05, 0.1) is 91.8 Å². The second-order valence-electron chi connectivity index (χ2n) is 11.2. The highest BCUT2D eigenvalue weighted by atomic mass is 16.5. The quantitative estimate of drug-likeness (QED) is 0.0480. The lowest BCUT2D eigenvalue weighted by molar-refractivity contribution is -0.140. The van der Waals surface area contributed by atoms with Crippen LogP contribution in [-0.2, 0) is 33.3 Å². The molecule has 6 N–H and O–H groups in total. The van der Waals surface area contributed by atoms with Gasteiger partial charge in [0.15, 0.2) is 0 Å². The molecule has 0 amide bonds. The lowest BCUT2D eigenvalue weighted by atomic mass is 10.2. The van der Waals surface area contributed by atoms with Gasteiger partial charge in [-0.3, -0.25) is 38.9 Å². The molecule has 1 unspecified atom stereocenters. The summed E-state index contributed by atoms with van der Waals surface area (Å²) in [4.78, 5) is 43.7. The standard InChI is InChI=1S/C29H57N5O13/c35-11-15-46-19-17-44-13-9-34(10-14-45-18-20-47-16-12-36)22-26(37)21-30-1-3-31(23-27(38)39)5-7-33(25-29(42)43)8-6-32(4-2-30)24-28(40)41/h26,35-37H,1-25H2,(H,38,39)(H,40,41)(H,42,43). The Balaban J connectivity index is 2.86. The Morgan fingerprint density at radius 2 is 0.851 bits per heavy atom. The molecule has 0 spiro atoms. The third kappa shape index (κ3) is 24.7. The molecule has 1 saturated heterocycles. The summed E-state index contributed by atoms with van der Waals surface area (Å²) in [5, 5.41) is 57.0. The molecule has 0 aliphatic carbocycles. The average molecular weight is 684 g/mol. The molecule has 0 bridgehead atoms. The Bertz CT molecular complexity index is 781. The fraction of sp³-hybridized carbons (Fsp3) is 0.897. The zero-order valence-corrected chi connectivity index (χ0v) is 27.5. The van der Waals surface area contributed by atoms with E-state index in [1.165, 1.54) is 0 Å². The van der Waals surface area contributed by atoms with Gasteiger partial charge in [-0.25, -0.2) is 0 Å². The van der Waals surface area contributed by atoms with E-state index < -0.39 is 24.0 Å². The smallest absolute Gasteiger partial charge is 0.317 e. The van der Waals surface area contributed by atoms with Crippen molar-refractivity contribution in [3.8, 4) is 0 Å². The van der Waals surface area contributed by atoms with Crippen molar-refractivity contribution in [2.45, 2.75) is 6.10 Å². The van der Waals surface area contributed by atoms with Gasteiger partial charge in [-0.2, -0.15) is 0 Å². The van der Waals surface area contributed by atoms with E-state index in [1.807, 2.05) is 9.80 Å². The third-order valence-corrected chi connectivity index (χ3v) is 7.26. The SMILES string of the molecule is O=C(O)CN1CCN(CC(=O)O)CCN(CC(O)CN(CCOCCOCCO)CCOCCOCCO)CCN(CC(=O)O)CC1. The van der Waals surface area contributed by atoms with Crippen molar-refractivity contribution >= 4 is 17.9 Å². The van der Waals surface area contributed by atoms with E-state index in [0.717, 1.165) is 0 Å². The molecule has 1 aliphatic rings. The summed E-state index contributed by atoms with van der Waals surface area (Å²) in [6, 6.07) is 0. The van der Waals surface area contributed by atoms with Crippen LogP contribution in [0.5, 0.6) is 0 Å². The van der Waals surface area contributed by atoms with E-state index in [0.29, 0.717) is 112 Å². The van der Waals surface area contributed by atoms with Gasteiger partial charge in [-0.15, -0.1) is 0 Å². The normalized spacial score (nSPS) is 17.4. The first-order valence-corrected chi connectivity index (χ1v) is 16.1. The highest BCUT2D eigenvalue weighted by molar-refractivity contribution is 5.69. The van der Waals surface area contributed by atoms with Crippen LogP contribution in [0, 0.1) is 0 Å². The fourth-order valence-electron chi connectivity index (χ4n) is 4.92. The topological polar surface area (TPSA) is 226 Å². The maximum Gasteiger partial charge on any atom is 0.317 e. The predicted octanol–water partition coefficient (Wildman–Crippen LogP) is -3.82. The number of hydrogen-bond donors (Lipinski definition) is 6. The molecule has 0 aromatic carbocycles. The van der Waals surface area contributed by atoms with E-state index in [9.17, 15) is 34.8 Å². The minimum atomic E-state index is -1.02. The van der Waals surface area contributed by atoms with Gasteiger partial charge in [0.25, 0.3) is 0 Å². The van der Waals surface area contributed by atoms with Crippen LogP contribution in [0.25, 0.3) is 0 Å². The van der Waals surface area contributed by atoms with Gasteiger partial charge < -0.3 is 49.6 Å². The number of hydrogen-bond acceptors (Lipinski definition) is 15. The van der Waals surface area contributed by atoms with Crippen molar-refractivity contribution in [1.82, 2.24) is 24.5 Å². The summed E-state index contributed by atoms with van der Waals surface area (Å²) in [6.07, 6.45) is -0.796. The zero-order chi connectivity index (χ0) is 34.7.